The zero-order chi connectivity index (χ0) is 20.2. The average Bonchev–Trinajstić information content (AvgIpc) is 3.58. The van der Waals surface area contributed by atoms with Gasteiger partial charge in [-0.1, -0.05) is 19.8 Å². The minimum Gasteiger partial charge on any atom is -0.352 e. The molecule has 2 heterocycles. The molecular weight excluding hydrogens is 366 g/mol. The molecule has 4 rings (SSSR count). The Balaban J connectivity index is 1.23. The van der Waals surface area contributed by atoms with E-state index in [9.17, 15) is 9.59 Å². The molecule has 0 aromatic carbocycles. The zero-order valence-electron chi connectivity index (χ0n) is 17.5. The number of hydrogen-bond acceptors (Lipinski definition) is 5. The quantitative estimate of drug-likeness (QED) is 0.795. The van der Waals surface area contributed by atoms with Crippen molar-refractivity contribution in [2.45, 2.75) is 51.9 Å². The van der Waals surface area contributed by atoms with Crippen molar-refractivity contribution in [2.75, 3.05) is 37.6 Å². The predicted molar refractivity (Wildman–Crippen MR) is 112 cm³/mol. The van der Waals surface area contributed by atoms with Crippen LogP contribution in [-0.2, 0) is 4.79 Å². The summed E-state index contributed by atoms with van der Waals surface area (Å²) in [7, 11) is 0. The topological polar surface area (TPSA) is 78.4 Å². The van der Waals surface area contributed by atoms with Gasteiger partial charge in [0.2, 0.25) is 5.91 Å². The monoisotopic (exact) mass is 399 g/mol. The first-order chi connectivity index (χ1) is 14.1. The minimum absolute atomic E-state index is 0.151. The van der Waals surface area contributed by atoms with Gasteiger partial charge in [0.25, 0.3) is 5.91 Å². The molecule has 2 aliphatic carbocycles. The van der Waals surface area contributed by atoms with Crippen molar-refractivity contribution in [3.05, 3.63) is 17.8 Å². The maximum Gasteiger partial charge on any atom is 0.271 e. The van der Waals surface area contributed by atoms with E-state index in [2.05, 4.69) is 27.3 Å². The number of anilines is 1. The Morgan fingerprint density at radius 3 is 2.34 bits per heavy atom. The smallest absolute Gasteiger partial charge is 0.271 e. The van der Waals surface area contributed by atoms with E-state index in [0.29, 0.717) is 18.1 Å². The summed E-state index contributed by atoms with van der Waals surface area (Å²) in [6.45, 7) is 5.98. The highest BCUT2D eigenvalue weighted by atomic mass is 16.2. The van der Waals surface area contributed by atoms with Crippen LogP contribution < -0.4 is 10.2 Å². The van der Waals surface area contributed by atoms with Gasteiger partial charge in [-0.15, -0.1) is 10.2 Å². The van der Waals surface area contributed by atoms with Crippen LogP contribution in [0.3, 0.4) is 0 Å². The van der Waals surface area contributed by atoms with E-state index in [-0.39, 0.29) is 11.8 Å². The lowest BCUT2D eigenvalue weighted by Crippen LogP contribution is -2.51. The van der Waals surface area contributed by atoms with E-state index in [1.54, 1.807) is 6.07 Å². The van der Waals surface area contributed by atoms with Gasteiger partial charge in [0, 0.05) is 38.6 Å². The number of nitrogens with zero attached hydrogens (tertiary/aromatic N) is 4. The molecule has 1 saturated heterocycles. The maximum absolute atomic E-state index is 12.8. The molecule has 2 amide bonds. The Morgan fingerprint density at radius 1 is 1.00 bits per heavy atom. The Labute approximate surface area is 173 Å². The van der Waals surface area contributed by atoms with Gasteiger partial charge in [0.15, 0.2) is 11.5 Å². The van der Waals surface area contributed by atoms with Gasteiger partial charge in [-0.2, -0.15) is 0 Å². The molecule has 2 saturated carbocycles. The zero-order valence-corrected chi connectivity index (χ0v) is 17.5. The van der Waals surface area contributed by atoms with Crippen LogP contribution in [0.5, 0.6) is 0 Å². The van der Waals surface area contributed by atoms with Crippen molar-refractivity contribution in [1.29, 1.82) is 0 Å². The predicted octanol–water partition coefficient (Wildman–Crippen LogP) is 2.48. The molecule has 7 nitrogen and oxygen atoms in total. The molecule has 1 aromatic rings. The normalized spacial score (nSPS) is 25.0. The number of carbonyl (C=O) groups is 2. The van der Waals surface area contributed by atoms with Crippen LogP contribution in [-0.4, -0.2) is 59.6 Å². The first-order valence-corrected chi connectivity index (χ1v) is 11.3. The van der Waals surface area contributed by atoms with Gasteiger partial charge in [-0.05, 0) is 56.1 Å². The van der Waals surface area contributed by atoms with E-state index < -0.39 is 0 Å². The van der Waals surface area contributed by atoms with Gasteiger partial charge < -0.3 is 15.1 Å². The number of amides is 2. The largest absolute Gasteiger partial charge is 0.352 e. The Morgan fingerprint density at radius 2 is 1.72 bits per heavy atom. The van der Waals surface area contributed by atoms with E-state index in [0.717, 1.165) is 63.1 Å². The molecular formula is C22H33N5O2. The molecule has 0 bridgehead atoms. The number of rotatable bonds is 6. The summed E-state index contributed by atoms with van der Waals surface area (Å²) in [6.07, 6.45) is 8.07. The van der Waals surface area contributed by atoms with Crippen LogP contribution in [0, 0.1) is 17.8 Å². The van der Waals surface area contributed by atoms with Crippen LogP contribution in [0.4, 0.5) is 5.82 Å². The third-order valence-corrected chi connectivity index (χ3v) is 6.70. The highest BCUT2D eigenvalue weighted by molar-refractivity contribution is 5.92. The highest BCUT2D eigenvalue weighted by Crippen LogP contribution is 2.32. The second kappa shape index (κ2) is 9.09. The maximum atomic E-state index is 12.8. The Hall–Kier alpha value is -2.18. The van der Waals surface area contributed by atoms with E-state index in [4.69, 9.17) is 0 Å². The number of nitrogens with one attached hydrogen (secondary N) is 1. The molecule has 0 unspecified atom stereocenters. The third kappa shape index (κ3) is 5.25. The molecule has 3 fully saturated rings. The standard InChI is InChI=1S/C22H33N5O2/c1-16-2-6-18(7-3-16)22(29)27-14-12-26(13-15-27)20-9-8-19(24-25-20)21(28)23-11-10-17-4-5-17/h8-9,16-18H,2-7,10-15H2,1H3,(H,23,28). The first kappa shape index (κ1) is 20.1. The number of piperazine rings is 1. The van der Waals surface area contributed by atoms with Crippen molar-refractivity contribution in [3.63, 3.8) is 0 Å². The van der Waals surface area contributed by atoms with Crippen molar-refractivity contribution in [1.82, 2.24) is 20.4 Å². The van der Waals surface area contributed by atoms with Gasteiger partial charge in [0.1, 0.15) is 0 Å². The summed E-state index contributed by atoms with van der Waals surface area (Å²) in [5.41, 5.74) is 0.366. The lowest BCUT2D eigenvalue weighted by molar-refractivity contribution is -0.137. The molecule has 3 aliphatic rings. The third-order valence-electron chi connectivity index (χ3n) is 6.70. The molecule has 29 heavy (non-hydrogen) atoms. The van der Waals surface area contributed by atoms with Crippen LogP contribution in [0.25, 0.3) is 0 Å². The second-order valence-corrected chi connectivity index (χ2v) is 9.03. The summed E-state index contributed by atoms with van der Waals surface area (Å²) in [6, 6.07) is 3.61. The fraction of sp³-hybridized carbons (Fsp3) is 0.727. The molecule has 0 spiro atoms. The molecule has 1 aromatic heterocycles. The molecule has 1 N–H and O–H groups in total. The van der Waals surface area contributed by atoms with E-state index in [1.807, 2.05) is 11.0 Å². The van der Waals surface area contributed by atoms with Gasteiger partial charge in [-0.3, -0.25) is 9.59 Å². The summed E-state index contributed by atoms with van der Waals surface area (Å²) >= 11 is 0. The fourth-order valence-corrected chi connectivity index (χ4v) is 4.42. The van der Waals surface area contributed by atoms with Crippen molar-refractivity contribution >= 4 is 17.6 Å². The molecule has 158 valence electrons. The Bertz CT molecular complexity index is 702. The molecule has 1 aliphatic heterocycles. The lowest BCUT2D eigenvalue weighted by atomic mass is 9.82. The second-order valence-electron chi connectivity index (χ2n) is 9.03. The van der Waals surface area contributed by atoms with Gasteiger partial charge in [-0.25, -0.2) is 0 Å². The molecule has 7 heteroatoms. The molecule has 0 atom stereocenters. The summed E-state index contributed by atoms with van der Waals surface area (Å²) in [5.74, 6) is 2.74. The van der Waals surface area contributed by atoms with Crippen LogP contribution in [0.2, 0.25) is 0 Å². The van der Waals surface area contributed by atoms with Crippen molar-refractivity contribution in [2.24, 2.45) is 17.8 Å². The van der Waals surface area contributed by atoms with E-state index >= 15 is 0 Å². The average molecular weight is 400 g/mol. The van der Waals surface area contributed by atoms with Crippen LogP contribution in [0.15, 0.2) is 12.1 Å². The summed E-state index contributed by atoms with van der Waals surface area (Å²) in [4.78, 5) is 29.1. The van der Waals surface area contributed by atoms with Crippen LogP contribution in [0.1, 0.15) is 62.4 Å². The molecule has 0 radical (unpaired) electrons. The SMILES string of the molecule is CC1CCC(C(=O)N2CCN(c3ccc(C(=O)NCCC4CC4)nn3)CC2)CC1. The van der Waals surface area contributed by atoms with Crippen molar-refractivity contribution < 1.29 is 9.59 Å². The van der Waals surface area contributed by atoms with Crippen molar-refractivity contribution in [3.8, 4) is 0 Å². The van der Waals surface area contributed by atoms with Gasteiger partial charge >= 0.3 is 0 Å². The van der Waals surface area contributed by atoms with Crippen LogP contribution >= 0.6 is 0 Å². The summed E-state index contributed by atoms with van der Waals surface area (Å²) < 4.78 is 0. The number of carbonyl (C=O) groups excluding carboxylic acids is 2. The number of aromatic nitrogens is 2. The summed E-state index contributed by atoms with van der Waals surface area (Å²) in [5, 5.41) is 11.3. The minimum atomic E-state index is -0.151. The van der Waals surface area contributed by atoms with Gasteiger partial charge in [0.05, 0.1) is 0 Å². The van der Waals surface area contributed by atoms with E-state index in [1.165, 1.54) is 25.7 Å². The lowest BCUT2D eigenvalue weighted by Gasteiger charge is -2.38. The fourth-order valence-electron chi connectivity index (χ4n) is 4.42. The first-order valence-electron chi connectivity index (χ1n) is 11.3. The highest BCUT2D eigenvalue weighted by Gasteiger charge is 2.30. The number of hydrogen-bond donors (Lipinski definition) is 1. The Kier molecular flexibility index (Phi) is 6.31.